The Labute approximate surface area is 124 Å². The van der Waals surface area contributed by atoms with E-state index in [1.807, 2.05) is 0 Å². The highest BCUT2D eigenvalue weighted by atomic mass is 35.5. The lowest BCUT2D eigenvalue weighted by atomic mass is 9.88. The SMILES string of the molecule is COc1ccc(C(=O)NCC2CCCCC2Cl)cc1O. The lowest BCUT2D eigenvalue weighted by molar-refractivity contribution is 0.0943. The number of phenolic OH excluding ortho intramolecular Hbond substituents is 1. The second-order valence-electron chi connectivity index (χ2n) is 5.16. The maximum Gasteiger partial charge on any atom is 0.251 e. The molecule has 0 bridgehead atoms. The summed E-state index contributed by atoms with van der Waals surface area (Å²) in [5, 5.41) is 12.7. The van der Waals surface area contributed by atoms with E-state index < -0.39 is 0 Å². The smallest absolute Gasteiger partial charge is 0.251 e. The molecule has 5 heteroatoms. The molecule has 1 amide bonds. The molecule has 1 aromatic rings. The topological polar surface area (TPSA) is 58.6 Å². The van der Waals surface area contributed by atoms with Crippen molar-refractivity contribution in [3.8, 4) is 11.5 Å². The first-order valence-electron chi connectivity index (χ1n) is 6.91. The standard InChI is InChI=1S/C15H20ClNO3/c1-20-14-7-6-10(8-13(14)18)15(19)17-9-11-4-2-3-5-12(11)16/h6-8,11-12,18H,2-5,9H2,1H3,(H,17,19). The third kappa shape index (κ3) is 3.57. The van der Waals surface area contributed by atoms with Gasteiger partial charge in [0, 0.05) is 17.5 Å². The Bertz CT molecular complexity index is 478. The molecule has 1 aromatic carbocycles. The van der Waals surface area contributed by atoms with Crippen LogP contribution in [0.4, 0.5) is 0 Å². The molecule has 1 saturated carbocycles. The van der Waals surface area contributed by atoms with Crippen molar-refractivity contribution in [2.24, 2.45) is 5.92 Å². The van der Waals surface area contributed by atoms with Gasteiger partial charge in [0.05, 0.1) is 7.11 Å². The van der Waals surface area contributed by atoms with Gasteiger partial charge in [0.15, 0.2) is 11.5 Å². The van der Waals surface area contributed by atoms with Gasteiger partial charge in [-0.2, -0.15) is 0 Å². The van der Waals surface area contributed by atoms with Crippen LogP contribution in [-0.4, -0.2) is 30.0 Å². The van der Waals surface area contributed by atoms with Gasteiger partial charge in [0.1, 0.15) is 0 Å². The first-order valence-corrected chi connectivity index (χ1v) is 7.34. The van der Waals surface area contributed by atoms with Crippen LogP contribution in [0.25, 0.3) is 0 Å². The molecule has 0 saturated heterocycles. The van der Waals surface area contributed by atoms with Crippen LogP contribution in [-0.2, 0) is 0 Å². The predicted octanol–water partition coefficient (Wildman–Crippen LogP) is 2.93. The summed E-state index contributed by atoms with van der Waals surface area (Å²) in [7, 11) is 1.47. The van der Waals surface area contributed by atoms with Crippen molar-refractivity contribution >= 4 is 17.5 Å². The molecule has 0 aromatic heterocycles. The summed E-state index contributed by atoms with van der Waals surface area (Å²) < 4.78 is 4.95. The Morgan fingerprint density at radius 3 is 2.85 bits per heavy atom. The molecule has 1 aliphatic carbocycles. The molecule has 0 aliphatic heterocycles. The highest BCUT2D eigenvalue weighted by molar-refractivity contribution is 6.20. The van der Waals surface area contributed by atoms with Crippen molar-refractivity contribution in [3.63, 3.8) is 0 Å². The maximum atomic E-state index is 12.0. The normalized spacial score (nSPS) is 22.3. The third-order valence-electron chi connectivity index (χ3n) is 3.78. The number of benzene rings is 1. The van der Waals surface area contributed by atoms with Crippen LogP contribution >= 0.6 is 11.6 Å². The molecule has 0 spiro atoms. The van der Waals surface area contributed by atoms with Gasteiger partial charge in [-0.15, -0.1) is 11.6 Å². The number of alkyl halides is 1. The molecule has 20 heavy (non-hydrogen) atoms. The van der Waals surface area contributed by atoms with Gasteiger partial charge in [0.2, 0.25) is 0 Å². The summed E-state index contributed by atoms with van der Waals surface area (Å²) in [4.78, 5) is 12.0. The Hall–Kier alpha value is -1.42. The molecule has 110 valence electrons. The minimum absolute atomic E-state index is 0.0342. The summed E-state index contributed by atoms with van der Waals surface area (Å²) in [6, 6.07) is 4.62. The number of hydrogen-bond donors (Lipinski definition) is 2. The molecule has 2 atom stereocenters. The quantitative estimate of drug-likeness (QED) is 0.840. The van der Waals surface area contributed by atoms with Gasteiger partial charge < -0.3 is 15.2 Å². The second-order valence-corrected chi connectivity index (χ2v) is 5.72. The number of carbonyl (C=O) groups is 1. The molecule has 2 N–H and O–H groups in total. The molecule has 1 aliphatic rings. The van der Waals surface area contributed by atoms with Crippen molar-refractivity contribution in [2.75, 3.05) is 13.7 Å². The van der Waals surface area contributed by atoms with Crippen LogP contribution in [0.3, 0.4) is 0 Å². The van der Waals surface area contributed by atoms with Gasteiger partial charge in [-0.05, 0) is 37.0 Å². The summed E-state index contributed by atoms with van der Waals surface area (Å²) >= 11 is 6.27. The second kappa shape index (κ2) is 6.84. The van der Waals surface area contributed by atoms with Crippen LogP contribution in [0.5, 0.6) is 11.5 Å². The summed E-state index contributed by atoms with van der Waals surface area (Å²) in [6.45, 7) is 0.583. The fourth-order valence-electron chi connectivity index (χ4n) is 2.55. The Morgan fingerprint density at radius 2 is 2.20 bits per heavy atom. The van der Waals surface area contributed by atoms with E-state index in [0.717, 1.165) is 12.8 Å². The average Bonchev–Trinajstić information content (AvgIpc) is 2.46. The minimum atomic E-state index is -0.197. The van der Waals surface area contributed by atoms with Crippen LogP contribution < -0.4 is 10.1 Å². The number of phenols is 1. The average molecular weight is 298 g/mol. The number of carbonyl (C=O) groups excluding carboxylic acids is 1. The van der Waals surface area contributed by atoms with E-state index in [1.54, 1.807) is 12.1 Å². The molecule has 2 rings (SSSR count). The summed E-state index contributed by atoms with van der Waals surface area (Å²) in [5.74, 6) is 0.460. The van der Waals surface area contributed by atoms with E-state index in [9.17, 15) is 9.90 Å². The van der Waals surface area contributed by atoms with Crippen molar-refractivity contribution in [1.29, 1.82) is 0 Å². The zero-order chi connectivity index (χ0) is 14.5. The highest BCUT2D eigenvalue weighted by Crippen LogP contribution is 2.28. The summed E-state index contributed by atoms with van der Waals surface area (Å²) in [6.07, 6.45) is 4.42. The van der Waals surface area contributed by atoms with E-state index >= 15 is 0 Å². The molecule has 1 fully saturated rings. The first-order chi connectivity index (χ1) is 9.61. The van der Waals surface area contributed by atoms with Crippen molar-refractivity contribution < 1.29 is 14.6 Å². The van der Waals surface area contributed by atoms with Gasteiger partial charge >= 0.3 is 0 Å². The third-order valence-corrected chi connectivity index (χ3v) is 4.36. The largest absolute Gasteiger partial charge is 0.504 e. The number of ether oxygens (including phenoxy) is 1. The zero-order valence-corrected chi connectivity index (χ0v) is 12.3. The summed E-state index contributed by atoms with van der Waals surface area (Å²) in [5.41, 5.74) is 0.422. The first kappa shape index (κ1) is 15.0. The molecular formula is C15H20ClNO3. The number of hydrogen-bond acceptors (Lipinski definition) is 3. The van der Waals surface area contributed by atoms with E-state index in [4.69, 9.17) is 16.3 Å². The van der Waals surface area contributed by atoms with Crippen LogP contribution in [0.2, 0.25) is 0 Å². The maximum absolute atomic E-state index is 12.0. The number of methoxy groups -OCH3 is 1. The highest BCUT2D eigenvalue weighted by Gasteiger charge is 2.23. The molecule has 0 heterocycles. The van der Waals surface area contributed by atoms with Gasteiger partial charge in [0.25, 0.3) is 5.91 Å². The van der Waals surface area contributed by atoms with E-state index in [2.05, 4.69) is 5.32 Å². The van der Waals surface area contributed by atoms with Crippen LogP contribution in [0.15, 0.2) is 18.2 Å². The Balaban J connectivity index is 1.93. The fraction of sp³-hybridized carbons (Fsp3) is 0.533. The Kier molecular flexibility index (Phi) is 5.12. The zero-order valence-electron chi connectivity index (χ0n) is 11.6. The predicted molar refractivity (Wildman–Crippen MR) is 78.6 cm³/mol. The molecule has 4 nitrogen and oxygen atoms in total. The minimum Gasteiger partial charge on any atom is -0.504 e. The molecule has 2 unspecified atom stereocenters. The van der Waals surface area contributed by atoms with Crippen molar-refractivity contribution in [3.05, 3.63) is 23.8 Å². The van der Waals surface area contributed by atoms with E-state index in [1.165, 1.54) is 26.0 Å². The molecule has 0 radical (unpaired) electrons. The number of nitrogens with one attached hydrogen (secondary N) is 1. The van der Waals surface area contributed by atoms with Crippen LogP contribution in [0.1, 0.15) is 36.0 Å². The van der Waals surface area contributed by atoms with Crippen LogP contribution in [0, 0.1) is 5.92 Å². The number of amides is 1. The Morgan fingerprint density at radius 1 is 1.45 bits per heavy atom. The number of halogens is 1. The lowest BCUT2D eigenvalue weighted by Crippen LogP contribution is -2.34. The van der Waals surface area contributed by atoms with Gasteiger partial charge in [-0.1, -0.05) is 12.8 Å². The number of rotatable bonds is 4. The molecular weight excluding hydrogens is 278 g/mol. The number of aromatic hydroxyl groups is 1. The fourth-order valence-corrected chi connectivity index (χ4v) is 2.92. The van der Waals surface area contributed by atoms with Crippen molar-refractivity contribution in [1.82, 2.24) is 5.32 Å². The van der Waals surface area contributed by atoms with E-state index in [0.29, 0.717) is 23.8 Å². The van der Waals surface area contributed by atoms with E-state index in [-0.39, 0.29) is 17.0 Å². The lowest BCUT2D eigenvalue weighted by Gasteiger charge is -2.27. The van der Waals surface area contributed by atoms with Crippen molar-refractivity contribution in [2.45, 2.75) is 31.1 Å². The van der Waals surface area contributed by atoms with Gasteiger partial charge in [-0.3, -0.25) is 4.79 Å². The van der Waals surface area contributed by atoms with Gasteiger partial charge in [-0.25, -0.2) is 0 Å². The monoisotopic (exact) mass is 297 g/mol.